The molecule has 0 saturated carbocycles. The van der Waals surface area contributed by atoms with Crippen molar-refractivity contribution < 1.29 is 9.13 Å². The quantitative estimate of drug-likeness (QED) is 0.681. The molecule has 0 fully saturated rings. The van der Waals surface area contributed by atoms with Crippen molar-refractivity contribution in [1.29, 1.82) is 0 Å². The van der Waals surface area contributed by atoms with Crippen LogP contribution in [-0.2, 0) is 0 Å². The molecule has 1 nitrogen and oxygen atoms in total. The zero-order valence-corrected chi connectivity index (χ0v) is 8.92. The molecule has 5 heteroatoms. The molecule has 0 aliphatic heterocycles. The standard InChI is InChI=1S/C8H6Cl3FO/c1-5-4-6(2-3-7(5)12)13-8(9,10)11/h2-4H,1H3. The van der Waals surface area contributed by atoms with E-state index in [4.69, 9.17) is 39.5 Å². The summed E-state index contributed by atoms with van der Waals surface area (Å²) in [7, 11) is 0. The molecule has 1 aromatic rings. The summed E-state index contributed by atoms with van der Waals surface area (Å²) < 4.78 is 15.8. The van der Waals surface area contributed by atoms with Gasteiger partial charge in [0.1, 0.15) is 11.6 Å². The summed E-state index contributed by atoms with van der Waals surface area (Å²) in [6.45, 7) is 1.60. The van der Waals surface area contributed by atoms with Crippen LogP contribution in [0.25, 0.3) is 0 Å². The van der Waals surface area contributed by atoms with E-state index in [1.165, 1.54) is 18.2 Å². The summed E-state index contributed by atoms with van der Waals surface area (Å²) in [4.78, 5) is 0. The van der Waals surface area contributed by atoms with E-state index in [0.29, 0.717) is 11.3 Å². The molecule has 0 aliphatic carbocycles. The van der Waals surface area contributed by atoms with Gasteiger partial charge in [0.15, 0.2) is 0 Å². The SMILES string of the molecule is Cc1cc(OC(Cl)(Cl)Cl)ccc1F. The second kappa shape index (κ2) is 3.91. The summed E-state index contributed by atoms with van der Waals surface area (Å²) in [5.74, 6) is -0.00410. The highest BCUT2D eigenvalue weighted by Crippen LogP contribution is 2.30. The van der Waals surface area contributed by atoms with Crippen LogP contribution in [-0.4, -0.2) is 3.98 Å². The predicted octanol–water partition coefficient (Wildman–Crippen LogP) is 3.84. The van der Waals surface area contributed by atoms with Crippen LogP contribution in [0, 0.1) is 12.7 Å². The van der Waals surface area contributed by atoms with Crippen LogP contribution in [0.1, 0.15) is 5.56 Å². The van der Waals surface area contributed by atoms with E-state index < -0.39 is 3.98 Å². The fourth-order valence-electron chi connectivity index (χ4n) is 0.814. The number of ether oxygens (including phenoxy) is 1. The Morgan fingerprint density at radius 3 is 2.38 bits per heavy atom. The average molecular weight is 243 g/mol. The summed E-state index contributed by atoms with van der Waals surface area (Å²) >= 11 is 16.1. The van der Waals surface area contributed by atoms with Crippen LogP contribution in [0.4, 0.5) is 4.39 Å². The van der Waals surface area contributed by atoms with Crippen LogP contribution >= 0.6 is 34.8 Å². The minimum absolute atomic E-state index is 0.318. The van der Waals surface area contributed by atoms with Gasteiger partial charge in [-0.1, -0.05) is 0 Å². The molecular weight excluding hydrogens is 237 g/mol. The molecule has 0 spiro atoms. The van der Waals surface area contributed by atoms with Gasteiger partial charge in [-0.2, -0.15) is 0 Å². The monoisotopic (exact) mass is 242 g/mol. The fourth-order valence-corrected chi connectivity index (χ4v) is 1.08. The Balaban J connectivity index is 2.86. The fraction of sp³-hybridized carbons (Fsp3) is 0.250. The number of benzene rings is 1. The lowest BCUT2D eigenvalue weighted by molar-refractivity contribution is 0.319. The molecule has 13 heavy (non-hydrogen) atoms. The van der Waals surface area contributed by atoms with Crippen LogP contribution in [0.15, 0.2) is 18.2 Å². The van der Waals surface area contributed by atoms with Crippen molar-refractivity contribution in [2.45, 2.75) is 10.9 Å². The highest BCUT2D eigenvalue weighted by molar-refractivity contribution is 6.66. The molecule has 0 aromatic heterocycles. The summed E-state index contributed by atoms with van der Waals surface area (Å²) in [6, 6.07) is 4.10. The predicted molar refractivity (Wildman–Crippen MR) is 52.1 cm³/mol. The first-order valence-corrected chi connectivity index (χ1v) is 4.54. The normalized spacial score (nSPS) is 11.5. The van der Waals surface area contributed by atoms with Gasteiger partial charge in [0.2, 0.25) is 0 Å². The van der Waals surface area contributed by atoms with Gasteiger partial charge in [0.25, 0.3) is 0 Å². The van der Waals surface area contributed by atoms with Gasteiger partial charge in [-0.15, -0.1) is 0 Å². The van der Waals surface area contributed by atoms with Crippen molar-refractivity contribution in [1.82, 2.24) is 0 Å². The highest BCUT2D eigenvalue weighted by atomic mass is 35.6. The smallest absolute Gasteiger partial charge is 0.338 e. The van der Waals surface area contributed by atoms with E-state index in [-0.39, 0.29) is 5.82 Å². The van der Waals surface area contributed by atoms with E-state index in [9.17, 15) is 4.39 Å². The zero-order valence-electron chi connectivity index (χ0n) is 6.65. The average Bonchev–Trinajstić information content (AvgIpc) is 1.94. The van der Waals surface area contributed by atoms with Gasteiger partial charge >= 0.3 is 3.98 Å². The lowest BCUT2D eigenvalue weighted by atomic mass is 10.2. The maximum absolute atomic E-state index is 12.8. The van der Waals surface area contributed by atoms with Crippen molar-refractivity contribution in [3.05, 3.63) is 29.6 Å². The summed E-state index contributed by atoms with van der Waals surface area (Å²) in [5.41, 5.74) is 0.437. The first-order valence-electron chi connectivity index (χ1n) is 3.40. The Kier molecular flexibility index (Phi) is 3.28. The number of aryl methyl sites for hydroxylation is 1. The Labute approximate surface area is 90.4 Å². The molecule has 0 aliphatic rings. The van der Waals surface area contributed by atoms with Crippen LogP contribution in [0.2, 0.25) is 0 Å². The minimum atomic E-state index is -1.82. The van der Waals surface area contributed by atoms with Crippen LogP contribution in [0.5, 0.6) is 5.75 Å². The van der Waals surface area contributed by atoms with Crippen molar-refractivity contribution >= 4 is 34.8 Å². The summed E-state index contributed by atoms with van der Waals surface area (Å²) in [6.07, 6.45) is 0. The van der Waals surface area contributed by atoms with Gasteiger partial charge in [0.05, 0.1) is 0 Å². The lowest BCUT2D eigenvalue weighted by Crippen LogP contribution is -2.12. The maximum atomic E-state index is 12.8. The minimum Gasteiger partial charge on any atom is -0.446 e. The molecule has 0 atom stereocenters. The molecule has 0 heterocycles. The second-order valence-electron chi connectivity index (χ2n) is 2.46. The van der Waals surface area contributed by atoms with Crippen molar-refractivity contribution in [2.75, 3.05) is 0 Å². The largest absolute Gasteiger partial charge is 0.446 e. The number of halogens is 4. The van der Waals surface area contributed by atoms with Gasteiger partial charge in [0, 0.05) is 0 Å². The van der Waals surface area contributed by atoms with Gasteiger partial charge in [-0.05, 0) is 65.5 Å². The van der Waals surface area contributed by atoms with Crippen LogP contribution < -0.4 is 4.74 Å². The number of hydrogen-bond acceptors (Lipinski definition) is 1. The molecular formula is C8H6Cl3FO. The molecule has 0 saturated heterocycles. The van der Waals surface area contributed by atoms with E-state index in [1.807, 2.05) is 0 Å². The van der Waals surface area contributed by atoms with E-state index in [1.54, 1.807) is 6.92 Å². The van der Waals surface area contributed by atoms with Crippen molar-refractivity contribution in [3.8, 4) is 5.75 Å². The third-order valence-electron chi connectivity index (χ3n) is 1.36. The van der Waals surface area contributed by atoms with Crippen molar-refractivity contribution in [2.24, 2.45) is 0 Å². The Morgan fingerprint density at radius 1 is 1.31 bits per heavy atom. The molecule has 1 aromatic carbocycles. The topological polar surface area (TPSA) is 9.23 Å². The number of rotatable bonds is 1. The van der Waals surface area contributed by atoms with Gasteiger partial charge in [-0.3, -0.25) is 0 Å². The van der Waals surface area contributed by atoms with Crippen molar-refractivity contribution in [3.63, 3.8) is 0 Å². The molecule has 1 rings (SSSR count). The lowest BCUT2D eigenvalue weighted by Gasteiger charge is -2.13. The first-order chi connectivity index (χ1) is 5.88. The van der Waals surface area contributed by atoms with Gasteiger partial charge < -0.3 is 4.74 Å². The first kappa shape index (κ1) is 10.9. The zero-order chi connectivity index (χ0) is 10.1. The van der Waals surface area contributed by atoms with E-state index >= 15 is 0 Å². The second-order valence-corrected chi connectivity index (χ2v) is 4.64. The van der Waals surface area contributed by atoms with Crippen LogP contribution in [0.3, 0.4) is 0 Å². The molecule has 0 radical (unpaired) electrons. The maximum Gasteiger partial charge on any atom is 0.338 e. The number of hydrogen-bond donors (Lipinski definition) is 0. The van der Waals surface area contributed by atoms with E-state index in [2.05, 4.69) is 0 Å². The molecule has 0 amide bonds. The molecule has 0 unspecified atom stereocenters. The third-order valence-corrected chi connectivity index (χ3v) is 1.59. The molecule has 0 bridgehead atoms. The Bertz CT molecular complexity index is 309. The number of alkyl halides is 3. The highest BCUT2D eigenvalue weighted by Gasteiger charge is 2.21. The van der Waals surface area contributed by atoms with E-state index in [0.717, 1.165) is 0 Å². The Morgan fingerprint density at radius 2 is 1.92 bits per heavy atom. The Hall–Kier alpha value is -0.180. The molecule has 72 valence electrons. The van der Waals surface area contributed by atoms with Gasteiger partial charge in [-0.25, -0.2) is 4.39 Å². The third kappa shape index (κ3) is 3.59. The summed E-state index contributed by atoms with van der Waals surface area (Å²) in [5, 5.41) is 0. The molecule has 0 N–H and O–H groups in total.